The van der Waals surface area contributed by atoms with Crippen LogP contribution in [0.1, 0.15) is 33.1 Å². The molecule has 172 valence electrons. The van der Waals surface area contributed by atoms with Gasteiger partial charge in [0, 0.05) is 38.3 Å². The van der Waals surface area contributed by atoms with Gasteiger partial charge in [0.1, 0.15) is 5.82 Å². The number of halogens is 3. The number of hydrogen-bond acceptors (Lipinski definition) is 5. The molecule has 0 saturated carbocycles. The summed E-state index contributed by atoms with van der Waals surface area (Å²) in [6.45, 7) is 7.58. The largest absolute Gasteiger partial charge is 0.379 e. The Labute approximate surface area is 190 Å². The number of ether oxygens (including phenoxy) is 1. The van der Waals surface area contributed by atoms with Gasteiger partial charge in [-0.05, 0) is 31.0 Å². The molecule has 0 radical (unpaired) electrons. The second kappa shape index (κ2) is 13.8. The van der Waals surface area contributed by atoms with Crippen LogP contribution in [0.25, 0.3) is 0 Å². The molecule has 1 aromatic carbocycles. The average molecular weight is 467 g/mol. The van der Waals surface area contributed by atoms with E-state index in [1.165, 1.54) is 18.2 Å². The Kier molecular flexibility index (Phi) is 13.1. The van der Waals surface area contributed by atoms with Crippen molar-refractivity contribution < 1.29 is 18.7 Å². The van der Waals surface area contributed by atoms with Crippen LogP contribution in [0.4, 0.5) is 15.8 Å². The van der Waals surface area contributed by atoms with E-state index in [1.54, 1.807) is 0 Å². The molecule has 0 bridgehead atoms. The van der Waals surface area contributed by atoms with Crippen molar-refractivity contribution in [3.8, 4) is 0 Å². The maximum Gasteiger partial charge on any atom is 0.231 e. The molecule has 0 aromatic heterocycles. The average Bonchev–Trinajstić information content (AvgIpc) is 2.71. The van der Waals surface area contributed by atoms with Crippen molar-refractivity contribution in [3.05, 3.63) is 24.0 Å². The molecule has 0 spiro atoms. The summed E-state index contributed by atoms with van der Waals surface area (Å²) in [5.41, 5.74) is 5.63. The maximum atomic E-state index is 14.1. The van der Waals surface area contributed by atoms with Gasteiger partial charge >= 0.3 is 0 Å². The zero-order valence-corrected chi connectivity index (χ0v) is 19.2. The number of nitrogens with two attached hydrogens (primary N) is 1. The van der Waals surface area contributed by atoms with Crippen molar-refractivity contribution in [2.24, 2.45) is 11.1 Å². The van der Waals surface area contributed by atoms with E-state index in [1.807, 2.05) is 13.8 Å². The number of nitrogens with zero attached hydrogens (tertiary/aromatic N) is 1. The first-order valence-electron chi connectivity index (χ1n) is 9.85. The van der Waals surface area contributed by atoms with Crippen LogP contribution in [-0.4, -0.2) is 56.1 Å². The van der Waals surface area contributed by atoms with Crippen LogP contribution in [0.3, 0.4) is 0 Å². The molecular formula is C20H33Cl2FN4O3. The number of rotatable bonds is 9. The number of carbonyl (C=O) groups is 2. The van der Waals surface area contributed by atoms with Crippen molar-refractivity contribution >= 4 is 48.0 Å². The maximum absolute atomic E-state index is 14.1. The Morgan fingerprint density at radius 1 is 1.17 bits per heavy atom. The van der Waals surface area contributed by atoms with E-state index in [0.717, 1.165) is 13.1 Å². The van der Waals surface area contributed by atoms with Crippen LogP contribution in [-0.2, 0) is 14.3 Å². The quantitative estimate of drug-likeness (QED) is 0.519. The standard InChI is InChI=1S/C20H31FN4O3.2ClH/c1-3-20(4-2,14-22)19(27)23-15-5-6-16(21)17(13-15)24-18(26)7-8-25-9-11-28-12-10-25;;/h5-6,13H,3-4,7-12,14,22H2,1-2H3,(H,23,27)(H,24,26);2*1H. The monoisotopic (exact) mass is 466 g/mol. The van der Waals surface area contributed by atoms with E-state index < -0.39 is 11.2 Å². The normalized spacial score (nSPS) is 14.3. The van der Waals surface area contributed by atoms with Crippen molar-refractivity contribution in [1.29, 1.82) is 0 Å². The fourth-order valence-corrected chi connectivity index (χ4v) is 3.21. The van der Waals surface area contributed by atoms with Crippen molar-refractivity contribution in [2.45, 2.75) is 33.1 Å². The molecular weight excluding hydrogens is 434 g/mol. The Morgan fingerprint density at radius 2 is 1.80 bits per heavy atom. The predicted molar refractivity (Wildman–Crippen MR) is 122 cm³/mol. The van der Waals surface area contributed by atoms with Crippen LogP contribution < -0.4 is 16.4 Å². The van der Waals surface area contributed by atoms with Gasteiger partial charge in [0.2, 0.25) is 11.8 Å². The van der Waals surface area contributed by atoms with Gasteiger partial charge in [-0.1, -0.05) is 13.8 Å². The van der Waals surface area contributed by atoms with Crippen molar-refractivity contribution in [3.63, 3.8) is 0 Å². The minimum absolute atomic E-state index is 0. The number of hydrogen-bond donors (Lipinski definition) is 3. The molecule has 0 unspecified atom stereocenters. The van der Waals surface area contributed by atoms with E-state index in [0.29, 0.717) is 38.3 Å². The molecule has 0 aliphatic carbocycles. The van der Waals surface area contributed by atoms with E-state index in [9.17, 15) is 14.0 Å². The van der Waals surface area contributed by atoms with E-state index in [2.05, 4.69) is 15.5 Å². The molecule has 1 aliphatic rings. The summed E-state index contributed by atoms with van der Waals surface area (Å²) in [5, 5.41) is 5.40. The van der Waals surface area contributed by atoms with Crippen LogP contribution in [0.15, 0.2) is 18.2 Å². The highest BCUT2D eigenvalue weighted by Crippen LogP contribution is 2.28. The topological polar surface area (TPSA) is 96.7 Å². The molecule has 0 atom stereocenters. The number of carbonyl (C=O) groups excluding carboxylic acids is 2. The molecule has 30 heavy (non-hydrogen) atoms. The summed E-state index contributed by atoms with van der Waals surface area (Å²) in [7, 11) is 0. The second-order valence-corrected chi connectivity index (χ2v) is 7.09. The lowest BCUT2D eigenvalue weighted by Crippen LogP contribution is -2.41. The summed E-state index contributed by atoms with van der Waals surface area (Å²) in [5.74, 6) is -1.02. The minimum Gasteiger partial charge on any atom is -0.379 e. The van der Waals surface area contributed by atoms with Gasteiger partial charge in [-0.15, -0.1) is 24.8 Å². The van der Waals surface area contributed by atoms with E-state index in [-0.39, 0.29) is 55.3 Å². The van der Waals surface area contributed by atoms with Gasteiger partial charge in [-0.2, -0.15) is 0 Å². The highest BCUT2D eigenvalue weighted by molar-refractivity contribution is 5.97. The summed E-state index contributed by atoms with van der Waals surface area (Å²) >= 11 is 0. The molecule has 1 aliphatic heterocycles. The molecule has 1 heterocycles. The Morgan fingerprint density at radius 3 is 2.37 bits per heavy atom. The van der Waals surface area contributed by atoms with Gasteiger partial charge in [0.15, 0.2) is 0 Å². The first-order valence-corrected chi connectivity index (χ1v) is 9.85. The fourth-order valence-electron chi connectivity index (χ4n) is 3.21. The summed E-state index contributed by atoms with van der Waals surface area (Å²) in [4.78, 5) is 27.0. The summed E-state index contributed by atoms with van der Waals surface area (Å²) in [6.07, 6.45) is 1.48. The molecule has 4 N–H and O–H groups in total. The molecule has 2 rings (SSSR count). The third-order valence-electron chi connectivity index (χ3n) is 5.48. The van der Waals surface area contributed by atoms with Gasteiger partial charge in [0.05, 0.1) is 24.3 Å². The molecule has 2 amide bonds. The Bertz CT molecular complexity index is 676. The predicted octanol–water partition coefficient (Wildman–Crippen LogP) is 3.03. The summed E-state index contributed by atoms with van der Waals surface area (Å²) in [6, 6.07) is 4.14. The third-order valence-corrected chi connectivity index (χ3v) is 5.48. The third kappa shape index (κ3) is 7.67. The fraction of sp³-hybridized carbons (Fsp3) is 0.600. The highest BCUT2D eigenvalue weighted by atomic mass is 35.5. The minimum atomic E-state index is -0.657. The number of benzene rings is 1. The molecule has 7 nitrogen and oxygen atoms in total. The van der Waals surface area contributed by atoms with E-state index in [4.69, 9.17) is 10.5 Å². The summed E-state index contributed by atoms with van der Waals surface area (Å²) < 4.78 is 19.4. The number of amides is 2. The zero-order chi connectivity index (χ0) is 20.6. The van der Waals surface area contributed by atoms with Crippen LogP contribution in [0, 0.1) is 11.2 Å². The van der Waals surface area contributed by atoms with Crippen LogP contribution in [0.2, 0.25) is 0 Å². The lowest BCUT2D eigenvalue weighted by atomic mass is 9.81. The lowest BCUT2D eigenvalue weighted by molar-refractivity contribution is -0.125. The number of morpholine rings is 1. The zero-order valence-electron chi connectivity index (χ0n) is 17.5. The van der Waals surface area contributed by atoms with Gasteiger partial charge in [-0.25, -0.2) is 4.39 Å². The van der Waals surface area contributed by atoms with Gasteiger partial charge in [-0.3, -0.25) is 14.5 Å². The van der Waals surface area contributed by atoms with Crippen LogP contribution in [0.5, 0.6) is 0 Å². The molecule has 1 fully saturated rings. The Hall–Kier alpha value is -1.45. The van der Waals surface area contributed by atoms with E-state index >= 15 is 0 Å². The van der Waals surface area contributed by atoms with Gasteiger partial charge < -0.3 is 21.1 Å². The smallest absolute Gasteiger partial charge is 0.231 e. The highest BCUT2D eigenvalue weighted by Gasteiger charge is 2.33. The Balaban J connectivity index is 0.00000420. The van der Waals surface area contributed by atoms with Crippen molar-refractivity contribution in [2.75, 3.05) is 50.0 Å². The van der Waals surface area contributed by atoms with Crippen LogP contribution >= 0.6 is 24.8 Å². The number of anilines is 2. The second-order valence-electron chi connectivity index (χ2n) is 7.09. The first-order chi connectivity index (χ1) is 13.4. The SMILES string of the molecule is CCC(CC)(CN)C(=O)Nc1ccc(F)c(NC(=O)CCN2CCOCC2)c1.Cl.Cl. The first kappa shape index (κ1) is 28.5. The molecule has 1 aromatic rings. The van der Waals surface area contributed by atoms with Gasteiger partial charge in [0.25, 0.3) is 0 Å². The molecule has 10 heteroatoms. The lowest BCUT2D eigenvalue weighted by Gasteiger charge is -2.28. The number of nitrogens with one attached hydrogen (secondary N) is 2. The molecule has 1 saturated heterocycles. The van der Waals surface area contributed by atoms with Crippen molar-refractivity contribution in [1.82, 2.24) is 4.90 Å².